The van der Waals surface area contributed by atoms with E-state index in [1.54, 1.807) is 15.5 Å². The van der Waals surface area contributed by atoms with Gasteiger partial charge in [0.05, 0.1) is 6.33 Å². The molecule has 1 aliphatic carbocycles. The summed E-state index contributed by atoms with van der Waals surface area (Å²) in [5, 5.41) is 3.02. The number of benzene rings is 2. The van der Waals surface area contributed by atoms with Gasteiger partial charge in [-0.25, -0.2) is 4.98 Å². The quantitative estimate of drug-likeness (QED) is 0.526. The van der Waals surface area contributed by atoms with Gasteiger partial charge in [0.25, 0.3) is 5.56 Å². The second-order valence-electron chi connectivity index (χ2n) is 8.24. The maximum atomic E-state index is 13.3. The molecule has 1 fully saturated rings. The lowest BCUT2D eigenvalue weighted by Crippen LogP contribution is -2.24. The van der Waals surface area contributed by atoms with Crippen LogP contribution in [0, 0.1) is 13.8 Å². The molecule has 2 heterocycles. The van der Waals surface area contributed by atoms with Crippen molar-refractivity contribution >= 4 is 22.6 Å². The van der Waals surface area contributed by atoms with Crippen LogP contribution in [0.2, 0.25) is 0 Å². The van der Waals surface area contributed by atoms with Gasteiger partial charge in [-0.15, -0.1) is 0 Å². The second-order valence-corrected chi connectivity index (χ2v) is 8.24. The fraction of sp³-hybridized carbons (Fsp3) is 0.240. The Morgan fingerprint density at radius 3 is 2.45 bits per heavy atom. The molecule has 0 saturated heterocycles. The average molecular weight is 412 g/mol. The number of rotatable bonds is 5. The Hall–Kier alpha value is -3.67. The number of anilines is 1. The van der Waals surface area contributed by atoms with Crippen LogP contribution in [-0.2, 0) is 11.3 Å². The smallest absolute Gasteiger partial charge is 0.278 e. The first-order valence-electron chi connectivity index (χ1n) is 10.5. The number of aromatic nitrogens is 3. The summed E-state index contributed by atoms with van der Waals surface area (Å²) >= 11 is 0. The molecule has 1 aliphatic rings. The Balaban J connectivity index is 1.58. The third-order valence-electron chi connectivity index (χ3n) is 5.88. The molecule has 5 rings (SSSR count). The van der Waals surface area contributed by atoms with Gasteiger partial charge in [0.1, 0.15) is 17.6 Å². The lowest BCUT2D eigenvalue weighted by Gasteiger charge is -2.12. The predicted molar refractivity (Wildman–Crippen MR) is 122 cm³/mol. The van der Waals surface area contributed by atoms with Crippen molar-refractivity contribution in [3.8, 4) is 11.1 Å². The van der Waals surface area contributed by atoms with Crippen LogP contribution in [0.1, 0.15) is 30.0 Å². The van der Waals surface area contributed by atoms with Crippen molar-refractivity contribution in [3.63, 3.8) is 0 Å². The fourth-order valence-electron chi connectivity index (χ4n) is 4.11. The van der Waals surface area contributed by atoms with E-state index in [1.165, 1.54) is 0 Å². The summed E-state index contributed by atoms with van der Waals surface area (Å²) in [6.45, 7) is 3.99. The van der Waals surface area contributed by atoms with E-state index in [1.807, 2.05) is 68.6 Å². The van der Waals surface area contributed by atoms with Crippen LogP contribution >= 0.6 is 0 Å². The van der Waals surface area contributed by atoms with Crippen LogP contribution < -0.4 is 10.9 Å². The second kappa shape index (κ2) is 7.54. The molecule has 1 amide bonds. The summed E-state index contributed by atoms with van der Waals surface area (Å²) < 4.78 is 3.45. The minimum absolute atomic E-state index is 0.0444. The van der Waals surface area contributed by atoms with Gasteiger partial charge >= 0.3 is 0 Å². The van der Waals surface area contributed by atoms with Crippen molar-refractivity contribution in [3.05, 3.63) is 82.5 Å². The van der Waals surface area contributed by atoms with Crippen LogP contribution in [0.3, 0.4) is 0 Å². The van der Waals surface area contributed by atoms with Gasteiger partial charge in [-0.3, -0.25) is 14.2 Å². The third kappa shape index (κ3) is 3.54. The number of hydrogen-bond acceptors (Lipinski definition) is 3. The molecule has 1 saturated carbocycles. The lowest BCUT2D eigenvalue weighted by atomic mass is 10.1. The summed E-state index contributed by atoms with van der Waals surface area (Å²) in [5.74, 6) is -0.171. The van der Waals surface area contributed by atoms with Gasteiger partial charge < -0.3 is 9.88 Å². The molecule has 156 valence electrons. The number of hydrogen-bond donors (Lipinski definition) is 1. The first kappa shape index (κ1) is 19.3. The summed E-state index contributed by atoms with van der Waals surface area (Å²) in [5.41, 5.74) is 5.68. The first-order chi connectivity index (χ1) is 15.0. The molecule has 0 spiro atoms. The lowest BCUT2D eigenvalue weighted by molar-refractivity contribution is -0.116. The molecule has 0 bridgehead atoms. The third-order valence-corrected chi connectivity index (χ3v) is 5.88. The maximum Gasteiger partial charge on any atom is 0.278 e. The van der Waals surface area contributed by atoms with Gasteiger partial charge in [0.2, 0.25) is 5.91 Å². The number of nitrogens with zero attached hydrogens (tertiary/aromatic N) is 3. The standard InChI is InChI=1S/C25H24N4O2/c1-16-7-6-8-17(2)22(16)27-21(30)14-28-13-20(18-9-4-3-5-10-18)23-24(28)25(31)29(15-26-23)19-11-12-19/h3-10,13,15,19H,11-12,14H2,1-2H3,(H,27,30). The Morgan fingerprint density at radius 2 is 1.77 bits per heavy atom. The molecule has 0 radical (unpaired) electrons. The van der Waals surface area contributed by atoms with Gasteiger partial charge in [-0.2, -0.15) is 0 Å². The number of fused-ring (bicyclic) bond motifs is 1. The van der Waals surface area contributed by atoms with Crippen molar-refractivity contribution in [1.29, 1.82) is 0 Å². The van der Waals surface area contributed by atoms with Gasteiger partial charge in [0, 0.05) is 23.5 Å². The highest BCUT2D eigenvalue weighted by Gasteiger charge is 2.27. The van der Waals surface area contributed by atoms with E-state index in [-0.39, 0.29) is 24.1 Å². The van der Waals surface area contributed by atoms with E-state index in [4.69, 9.17) is 0 Å². The van der Waals surface area contributed by atoms with Crippen molar-refractivity contribution in [2.24, 2.45) is 0 Å². The van der Waals surface area contributed by atoms with Crippen molar-refractivity contribution < 1.29 is 4.79 Å². The zero-order valence-corrected chi connectivity index (χ0v) is 17.6. The highest BCUT2D eigenvalue weighted by molar-refractivity contribution is 5.96. The number of nitrogens with one attached hydrogen (secondary N) is 1. The molecule has 31 heavy (non-hydrogen) atoms. The Bertz CT molecular complexity index is 1330. The van der Waals surface area contributed by atoms with Crippen LogP contribution in [0.25, 0.3) is 22.2 Å². The Labute approximate surface area is 180 Å². The molecule has 0 aliphatic heterocycles. The zero-order valence-electron chi connectivity index (χ0n) is 17.6. The van der Waals surface area contributed by atoms with Crippen molar-refractivity contribution in [2.75, 3.05) is 5.32 Å². The molecular formula is C25H24N4O2. The zero-order chi connectivity index (χ0) is 21.5. The number of amides is 1. The topological polar surface area (TPSA) is 68.9 Å². The largest absolute Gasteiger partial charge is 0.332 e. The van der Waals surface area contributed by atoms with E-state index in [0.717, 1.165) is 40.8 Å². The molecule has 6 nitrogen and oxygen atoms in total. The number of para-hydroxylation sites is 1. The minimum atomic E-state index is -0.171. The number of aryl methyl sites for hydroxylation is 2. The summed E-state index contributed by atoms with van der Waals surface area (Å²) in [7, 11) is 0. The van der Waals surface area contributed by atoms with Crippen molar-refractivity contribution in [2.45, 2.75) is 39.3 Å². The van der Waals surface area contributed by atoms with E-state index in [2.05, 4.69) is 10.3 Å². The number of carbonyl (C=O) groups is 1. The molecule has 0 unspecified atom stereocenters. The van der Waals surface area contributed by atoms with E-state index >= 15 is 0 Å². The van der Waals surface area contributed by atoms with Crippen LogP contribution in [0.4, 0.5) is 5.69 Å². The molecular weight excluding hydrogens is 388 g/mol. The highest BCUT2D eigenvalue weighted by Crippen LogP contribution is 2.34. The molecule has 6 heteroatoms. The molecule has 4 aromatic rings. The monoisotopic (exact) mass is 412 g/mol. The summed E-state index contributed by atoms with van der Waals surface area (Å²) in [6, 6.07) is 16.0. The van der Waals surface area contributed by atoms with Crippen LogP contribution in [0.5, 0.6) is 0 Å². The van der Waals surface area contributed by atoms with Gasteiger partial charge in [-0.05, 0) is 43.4 Å². The first-order valence-corrected chi connectivity index (χ1v) is 10.5. The van der Waals surface area contributed by atoms with E-state index in [0.29, 0.717) is 11.0 Å². The summed E-state index contributed by atoms with van der Waals surface area (Å²) in [4.78, 5) is 30.9. The minimum Gasteiger partial charge on any atom is -0.332 e. The molecule has 1 N–H and O–H groups in total. The van der Waals surface area contributed by atoms with E-state index < -0.39 is 0 Å². The summed E-state index contributed by atoms with van der Waals surface area (Å²) in [6.07, 6.45) is 5.50. The van der Waals surface area contributed by atoms with Crippen LogP contribution in [0.15, 0.2) is 65.8 Å². The van der Waals surface area contributed by atoms with Gasteiger partial charge in [-0.1, -0.05) is 48.5 Å². The predicted octanol–water partition coefficient (Wildman–Crippen LogP) is 4.46. The number of carbonyl (C=O) groups excluding carboxylic acids is 1. The van der Waals surface area contributed by atoms with Crippen molar-refractivity contribution in [1.82, 2.24) is 14.1 Å². The maximum absolute atomic E-state index is 13.3. The Kier molecular flexibility index (Phi) is 4.70. The molecule has 2 aromatic carbocycles. The fourth-order valence-corrected chi connectivity index (χ4v) is 4.11. The highest BCUT2D eigenvalue weighted by atomic mass is 16.2. The van der Waals surface area contributed by atoms with Gasteiger partial charge in [0.15, 0.2) is 0 Å². The SMILES string of the molecule is Cc1cccc(C)c1NC(=O)Cn1cc(-c2ccccc2)c2ncn(C3CC3)c(=O)c21. The normalized spacial score (nSPS) is 13.5. The molecule has 2 aromatic heterocycles. The Morgan fingerprint density at radius 1 is 1.06 bits per heavy atom. The average Bonchev–Trinajstić information content (AvgIpc) is 3.53. The van der Waals surface area contributed by atoms with E-state index in [9.17, 15) is 9.59 Å². The van der Waals surface area contributed by atoms with Crippen LogP contribution in [-0.4, -0.2) is 20.0 Å². The molecule has 0 atom stereocenters.